The topological polar surface area (TPSA) is 77.3 Å². The molecule has 0 aliphatic rings. The summed E-state index contributed by atoms with van der Waals surface area (Å²) in [6, 6.07) is 4.10. The number of nitrogens with zero attached hydrogens (tertiary/aromatic N) is 2. The van der Waals surface area contributed by atoms with Crippen molar-refractivity contribution in [1.82, 2.24) is 9.97 Å². The maximum Gasteiger partial charge on any atom is 0.339 e. The van der Waals surface area contributed by atoms with Crippen LogP contribution in [0, 0.1) is 6.92 Å². The van der Waals surface area contributed by atoms with Crippen molar-refractivity contribution in [3.63, 3.8) is 0 Å². The smallest absolute Gasteiger partial charge is 0.339 e. The third-order valence-electron chi connectivity index (χ3n) is 3.20. The van der Waals surface area contributed by atoms with Gasteiger partial charge in [-0.25, -0.2) is 4.79 Å². The van der Waals surface area contributed by atoms with E-state index in [1.165, 1.54) is 6.20 Å². The van der Waals surface area contributed by atoms with Crippen LogP contribution in [0.4, 0.5) is 6.01 Å². The number of rotatable bonds is 7. The third-order valence-corrected chi connectivity index (χ3v) is 3.20. The summed E-state index contributed by atoms with van der Waals surface area (Å²) < 4.78 is 10.6. The molecule has 0 saturated carbocycles. The number of esters is 1. The van der Waals surface area contributed by atoms with Crippen molar-refractivity contribution in [2.75, 3.05) is 5.32 Å². The highest BCUT2D eigenvalue weighted by atomic mass is 16.5. The van der Waals surface area contributed by atoms with E-state index < -0.39 is 0 Å². The second-order valence-electron chi connectivity index (χ2n) is 5.37. The van der Waals surface area contributed by atoms with Gasteiger partial charge in [0.2, 0.25) is 0 Å². The summed E-state index contributed by atoms with van der Waals surface area (Å²) in [6.45, 7) is 5.80. The lowest BCUT2D eigenvalue weighted by Crippen LogP contribution is -2.20. The quantitative estimate of drug-likeness (QED) is 0.791. The second kappa shape index (κ2) is 7.59. The van der Waals surface area contributed by atoms with E-state index in [2.05, 4.69) is 15.3 Å². The van der Waals surface area contributed by atoms with Crippen LogP contribution in [0.15, 0.2) is 35.2 Å². The summed E-state index contributed by atoms with van der Waals surface area (Å²) in [5, 5.41) is 3.17. The maximum absolute atomic E-state index is 11.9. The molecule has 2 heterocycles. The van der Waals surface area contributed by atoms with Crippen LogP contribution < -0.4 is 5.32 Å². The summed E-state index contributed by atoms with van der Waals surface area (Å²) in [6.07, 6.45) is 6.15. The van der Waals surface area contributed by atoms with Crippen LogP contribution in [0.3, 0.4) is 0 Å². The molecule has 2 rings (SSSR count). The van der Waals surface area contributed by atoms with E-state index in [1.807, 2.05) is 20.8 Å². The summed E-state index contributed by atoms with van der Waals surface area (Å²) >= 11 is 0. The monoisotopic (exact) mass is 303 g/mol. The highest BCUT2D eigenvalue weighted by Crippen LogP contribution is 2.13. The predicted molar refractivity (Wildman–Crippen MR) is 82.7 cm³/mol. The molecule has 0 aliphatic heterocycles. The van der Waals surface area contributed by atoms with E-state index in [9.17, 15) is 4.79 Å². The van der Waals surface area contributed by atoms with Crippen molar-refractivity contribution in [1.29, 1.82) is 0 Å². The Bertz CT molecular complexity index is 598. The van der Waals surface area contributed by atoms with Gasteiger partial charge in [0, 0.05) is 18.4 Å². The first-order valence-corrected chi connectivity index (χ1v) is 7.34. The number of carbonyl (C=O) groups is 1. The summed E-state index contributed by atoms with van der Waals surface area (Å²) in [5.74, 6) is -0.343. The van der Waals surface area contributed by atoms with Gasteiger partial charge in [0.15, 0.2) is 0 Å². The minimum atomic E-state index is -0.343. The largest absolute Gasteiger partial charge is 0.459 e. The molecule has 6 heteroatoms. The summed E-state index contributed by atoms with van der Waals surface area (Å²) in [7, 11) is 0. The molecule has 0 amide bonds. The fourth-order valence-electron chi connectivity index (χ4n) is 1.98. The van der Waals surface area contributed by atoms with Crippen LogP contribution in [0.25, 0.3) is 0 Å². The first-order valence-electron chi connectivity index (χ1n) is 7.34. The molecule has 0 aliphatic carbocycles. The predicted octanol–water partition coefficient (Wildman–Crippen LogP) is 3.20. The van der Waals surface area contributed by atoms with E-state index in [0.717, 1.165) is 18.5 Å². The highest BCUT2D eigenvalue weighted by molar-refractivity contribution is 5.89. The molecular weight excluding hydrogens is 282 g/mol. The molecule has 0 spiro atoms. The maximum atomic E-state index is 11.9. The standard InChI is InChI=1S/C16H21N3O3/c1-11(18-16-19-12(2)10-21-16)6-7-13(3)22-15(20)14-5-4-8-17-9-14/h4-5,8-11,13H,6-7H2,1-3H3,(H,18,19). The Hall–Kier alpha value is -2.37. The summed E-state index contributed by atoms with van der Waals surface area (Å²) in [4.78, 5) is 20.0. The van der Waals surface area contributed by atoms with Crippen molar-refractivity contribution in [3.05, 3.63) is 42.0 Å². The molecule has 0 aromatic carbocycles. The number of hydrogen-bond donors (Lipinski definition) is 1. The zero-order valence-corrected chi connectivity index (χ0v) is 13.1. The van der Waals surface area contributed by atoms with Crippen LogP contribution in [-0.4, -0.2) is 28.1 Å². The van der Waals surface area contributed by atoms with Crippen LogP contribution in [0.1, 0.15) is 42.7 Å². The van der Waals surface area contributed by atoms with Gasteiger partial charge in [0.25, 0.3) is 6.01 Å². The molecule has 6 nitrogen and oxygen atoms in total. The SMILES string of the molecule is Cc1coc(NC(C)CCC(C)OC(=O)c2cccnc2)n1. The Morgan fingerprint density at radius 1 is 1.41 bits per heavy atom. The van der Waals surface area contributed by atoms with Gasteiger partial charge in [-0.1, -0.05) is 0 Å². The highest BCUT2D eigenvalue weighted by Gasteiger charge is 2.14. The van der Waals surface area contributed by atoms with Gasteiger partial charge in [-0.15, -0.1) is 0 Å². The van der Waals surface area contributed by atoms with E-state index in [4.69, 9.17) is 9.15 Å². The fourth-order valence-corrected chi connectivity index (χ4v) is 1.98. The zero-order chi connectivity index (χ0) is 15.9. The Morgan fingerprint density at radius 3 is 2.86 bits per heavy atom. The molecule has 2 unspecified atom stereocenters. The molecule has 2 aromatic rings. The average molecular weight is 303 g/mol. The normalized spacial score (nSPS) is 13.4. The van der Waals surface area contributed by atoms with Crippen LogP contribution >= 0.6 is 0 Å². The molecule has 2 aromatic heterocycles. The molecule has 0 saturated heterocycles. The molecule has 0 radical (unpaired) electrons. The molecule has 0 bridgehead atoms. The average Bonchev–Trinajstić information content (AvgIpc) is 2.91. The van der Waals surface area contributed by atoms with Gasteiger partial charge in [0.1, 0.15) is 6.26 Å². The molecule has 0 fully saturated rings. The number of aryl methyl sites for hydroxylation is 1. The van der Waals surface area contributed by atoms with Gasteiger partial charge < -0.3 is 14.5 Å². The van der Waals surface area contributed by atoms with Crippen molar-refractivity contribution >= 4 is 12.0 Å². The lowest BCUT2D eigenvalue weighted by molar-refractivity contribution is 0.0318. The number of pyridine rings is 1. The number of carbonyl (C=O) groups excluding carboxylic acids is 1. The lowest BCUT2D eigenvalue weighted by Gasteiger charge is -2.16. The Kier molecular flexibility index (Phi) is 5.52. The molecule has 1 N–H and O–H groups in total. The molecule has 118 valence electrons. The molecular formula is C16H21N3O3. The first-order chi connectivity index (χ1) is 10.5. The van der Waals surface area contributed by atoms with Gasteiger partial charge in [-0.2, -0.15) is 4.98 Å². The van der Waals surface area contributed by atoms with Crippen LogP contribution in [-0.2, 0) is 4.74 Å². The van der Waals surface area contributed by atoms with Gasteiger partial charge in [-0.05, 0) is 45.7 Å². The Labute approximate surface area is 129 Å². The van der Waals surface area contributed by atoms with Crippen LogP contribution in [0.5, 0.6) is 0 Å². The van der Waals surface area contributed by atoms with Crippen molar-refractivity contribution in [2.45, 2.75) is 45.8 Å². The van der Waals surface area contributed by atoms with Crippen LogP contribution in [0.2, 0.25) is 0 Å². The third kappa shape index (κ3) is 4.87. The summed E-state index contributed by atoms with van der Waals surface area (Å²) in [5.41, 5.74) is 1.31. The van der Waals surface area contributed by atoms with Gasteiger partial charge >= 0.3 is 5.97 Å². The number of hydrogen-bond acceptors (Lipinski definition) is 6. The first kappa shape index (κ1) is 16.0. The second-order valence-corrected chi connectivity index (χ2v) is 5.37. The number of ether oxygens (including phenoxy) is 1. The minimum Gasteiger partial charge on any atom is -0.459 e. The van der Waals surface area contributed by atoms with E-state index >= 15 is 0 Å². The number of nitrogens with one attached hydrogen (secondary N) is 1. The van der Waals surface area contributed by atoms with Crippen molar-refractivity contribution in [2.24, 2.45) is 0 Å². The zero-order valence-electron chi connectivity index (χ0n) is 13.1. The number of aromatic nitrogens is 2. The van der Waals surface area contributed by atoms with Gasteiger partial charge in [0.05, 0.1) is 17.4 Å². The number of oxazole rings is 1. The molecule has 22 heavy (non-hydrogen) atoms. The Balaban J connectivity index is 1.73. The number of anilines is 1. The fraction of sp³-hybridized carbons (Fsp3) is 0.438. The molecule has 2 atom stereocenters. The minimum absolute atomic E-state index is 0.164. The van der Waals surface area contributed by atoms with E-state index in [1.54, 1.807) is 24.6 Å². The van der Waals surface area contributed by atoms with Crippen molar-refractivity contribution in [3.8, 4) is 0 Å². The Morgan fingerprint density at radius 2 is 2.23 bits per heavy atom. The van der Waals surface area contributed by atoms with Gasteiger partial charge in [-0.3, -0.25) is 4.98 Å². The van der Waals surface area contributed by atoms with Crippen molar-refractivity contribution < 1.29 is 13.9 Å². The van der Waals surface area contributed by atoms with E-state index in [0.29, 0.717) is 11.6 Å². The van der Waals surface area contributed by atoms with E-state index in [-0.39, 0.29) is 18.1 Å². The lowest BCUT2D eigenvalue weighted by atomic mass is 10.1.